The van der Waals surface area contributed by atoms with Crippen LogP contribution in [0.15, 0.2) is 150 Å². The molecule has 3 aromatic heterocycles. The molecule has 218 valence electrons. The summed E-state index contributed by atoms with van der Waals surface area (Å²) in [4.78, 5) is 3.99. The van der Waals surface area contributed by atoms with Crippen molar-refractivity contribution in [2.45, 2.75) is 0 Å². The number of thiophene rings is 1. The molecule has 47 heavy (non-hydrogen) atoms. The van der Waals surface area contributed by atoms with Gasteiger partial charge in [-0.1, -0.05) is 109 Å². The summed E-state index contributed by atoms with van der Waals surface area (Å²) in [6, 6.07) is 51.4. The van der Waals surface area contributed by atoms with Gasteiger partial charge in [0.05, 0.1) is 28.0 Å². The van der Waals surface area contributed by atoms with Crippen LogP contribution in [0.3, 0.4) is 0 Å². The number of hydrogen-bond acceptors (Lipinski definition) is 2. The van der Waals surface area contributed by atoms with E-state index in [-0.39, 0.29) is 0 Å². The van der Waals surface area contributed by atoms with Crippen LogP contribution < -0.4 is 0 Å². The molecule has 3 nitrogen and oxygen atoms in total. The number of hydrogen-bond donors (Lipinski definition) is 0. The Bertz CT molecular complexity index is 2920. The molecule has 0 amide bonds. The van der Waals surface area contributed by atoms with E-state index < -0.39 is 0 Å². The molecule has 0 aliphatic rings. The first-order valence-electron chi connectivity index (χ1n) is 15.6. The van der Waals surface area contributed by atoms with E-state index in [0.29, 0.717) is 5.69 Å². The van der Waals surface area contributed by atoms with Crippen LogP contribution in [0, 0.1) is 6.57 Å². The Balaban J connectivity index is 1.28. The molecule has 7 aromatic carbocycles. The van der Waals surface area contributed by atoms with Crippen LogP contribution >= 0.6 is 11.3 Å². The zero-order valence-electron chi connectivity index (χ0n) is 25.1. The highest BCUT2D eigenvalue weighted by atomic mass is 32.1. The molecule has 0 N–H and O–H groups in total. The second kappa shape index (κ2) is 9.92. The van der Waals surface area contributed by atoms with Crippen LogP contribution in [0.2, 0.25) is 0 Å². The third-order valence-corrected chi connectivity index (χ3v) is 10.7. The fraction of sp³-hybridized carbons (Fsp3) is 0. The lowest BCUT2D eigenvalue weighted by molar-refractivity contribution is 0.669. The van der Waals surface area contributed by atoms with Gasteiger partial charge in [-0.25, -0.2) is 4.85 Å². The third kappa shape index (κ3) is 3.78. The fourth-order valence-electron chi connectivity index (χ4n) is 7.31. The topological polar surface area (TPSA) is 22.4 Å². The van der Waals surface area contributed by atoms with Gasteiger partial charge >= 0.3 is 0 Å². The maximum atomic E-state index is 8.08. The van der Waals surface area contributed by atoms with Crippen molar-refractivity contribution in [3.63, 3.8) is 0 Å². The van der Waals surface area contributed by atoms with Gasteiger partial charge in [0.25, 0.3) is 0 Å². The minimum absolute atomic E-state index is 0.680. The number of nitrogens with zero attached hydrogens (tertiary/aromatic N) is 2. The highest BCUT2D eigenvalue weighted by molar-refractivity contribution is 7.27. The second-order valence-electron chi connectivity index (χ2n) is 12.0. The van der Waals surface area contributed by atoms with E-state index in [4.69, 9.17) is 11.0 Å². The molecule has 0 fully saturated rings. The molecule has 4 heteroatoms. The molecular weight excluding hydrogens is 593 g/mol. The van der Waals surface area contributed by atoms with Gasteiger partial charge in [-0.05, 0) is 64.0 Å². The standard InChI is InChI=1S/C43H24N2OS/c1-44-35-22-21-29(28-19-23-40-34(24-28)32-13-6-8-17-39(32)46-40)41-33-14-9-16-37(42(33)47-43(35)41)45-36-15-7-5-12-30(36)31-20-18-27(25-38(31)45)26-10-3-2-4-11-26/h2-25H. The van der Waals surface area contributed by atoms with E-state index in [0.717, 1.165) is 54.2 Å². The molecule has 0 atom stereocenters. The summed E-state index contributed by atoms with van der Waals surface area (Å²) in [6.45, 7) is 8.08. The van der Waals surface area contributed by atoms with E-state index in [1.807, 2.05) is 18.2 Å². The van der Waals surface area contributed by atoms with E-state index in [9.17, 15) is 0 Å². The first-order valence-corrected chi connectivity index (χ1v) is 16.4. The van der Waals surface area contributed by atoms with E-state index in [1.165, 1.54) is 37.6 Å². The highest BCUT2D eigenvalue weighted by Crippen LogP contribution is 2.48. The molecule has 0 bridgehead atoms. The van der Waals surface area contributed by atoms with Crippen LogP contribution in [-0.2, 0) is 0 Å². The van der Waals surface area contributed by atoms with Crippen LogP contribution in [0.1, 0.15) is 0 Å². The number of aromatic nitrogens is 1. The average Bonchev–Trinajstić information content (AvgIpc) is 3.81. The van der Waals surface area contributed by atoms with Gasteiger partial charge in [-0.15, -0.1) is 11.3 Å². The van der Waals surface area contributed by atoms with Crippen LogP contribution in [-0.4, -0.2) is 4.57 Å². The molecule has 0 radical (unpaired) electrons. The van der Waals surface area contributed by atoms with E-state index in [1.54, 1.807) is 11.3 Å². The molecule has 0 saturated heterocycles. The predicted molar refractivity (Wildman–Crippen MR) is 198 cm³/mol. The number of para-hydroxylation sites is 2. The molecule has 0 aliphatic carbocycles. The molecular formula is C43H24N2OS. The van der Waals surface area contributed by atoms with Crippen LogP contribution in [0.5, 0.6) is 0 Å². The fourth-order valence-corrected chi connectivity index (χ4v) is 8.60. The Labute approximate surface area is 274 Å². The third-order valence-electron chi connectivity index (χ3n) is 9.43. The number of rotatable bonds is 3. The maximum absolute atomic E-state index is 8.08. The number of benzene rings is 7. The summed E-state index contributed by atoms with van der Waals surface area (Å²) in [6.07, 6.45) is 0. The maximum Gasteiger partial charge on any atom is 0.204 e. The van der Waals surface area contributed by atoms with Crippen molar-refractivity contribution in [3.8, 4) is 27.9 Å². The number of fused-ring (bicyclic) bond motifs is 9. The van der Waals surface area contributed by atoms with E-state index in [2.05, 4.69) is 137 Å². The molecule has 0 aliphatic heterocycles. The summed E-state index contributed by atoms with van der Waals surface area (Å²) in [5, 5.41) is 6.94. The average molecular weight is 617 g/mol. The first kappa shape index (κ1) is 26.1. The largest absolute Gasteiger partial charge is 0.456 e. The Morgan fingerprint density at radius 1 is 0.511 bits per heavy atom. The minimum Gasteiger partial charge on any atom is -0.456 e. The van der Waals surface area contributed by atoms with Crippen molar-refractivity contribution < 1.29 is 4.42 Å². The predicted octanol–water partition coefficient (Wildman–Crippen LogP) is 12.9. The summed E-state index contributed by atoms with van der Waals surface area (Å²) in [7, 11) is 0. The van der Waals surface area contributed by atoms with Gasteiger partial charge in [-0.2, -0.15) is 0 Å². The second-order valence-corrected chi connectivity index (χ2v) is 13.0. The van der Waals surface area contributed by atoms with Crippen LogP contribution in [0.25, 0.3) is 96.7 Å². The lowest BCUT2D eigenvalue weighted by atomic mass is 9.97. The Morgan fingerprint density at radius 2 is 1.26 bits per heavy atom. The van der Waals surface area contributed by atoms with Gasteiger partial charge in [0.15, 0.2) is 0 Å². The van der Waals surface area contributed by atoms with Crippen molar-refractivity contribution in [1.82, 2.24) is 4.57 Å². The first-order chi connectivity index (χ1) is 23.3. The Kier molecular flexibility index (Phi) is 5.51. The van der Waals surface area contributed by atoms with Crippen molar-refractivity contribution >= 4 is 80.9 Å². The summed E-state index contributed by atoms with van der Waals surface area (Å²) in [5.74, 6) is 0. The zero-order chi connectivity index (χ0) is 31.1. The van der Waals surface area contributed by atoms with Crippen molar-refractivity contribution in [1.29, 1.82) is 0 Å². The molecule has 0 saturated carbocycles. The molecule has 0 spiro atoms. The summed E-state index contributed by atoms with van der Waals surface area (Å²) >= 11 is 1.72. The van der Waals surface area contributed by atoms with Crippen molar-refractivity contribution in [2.24, 2.45) is 0 Å². The zero-order valence-corrected chi connectivity index (χ0v) is 25.9. The summed E-state index contributed by atoms with van der Waals surface area (Å²) < 4.78 is 10.7. The SMILES string of the molecule is [C-]#[N+]c1ccc(-c2ccc3oc4ccccc4c3c2)c2c1sc1c(-n3c4ccccc4c4ccc(-c5ccccc5)cc43)cccc12. The van der Waals surface area contributed by atoms with Crippen molar-refractivity contribution in [3.05, 3.63) is 157 Å². The lowest BCUT2D eigenvalue weighted by Gasteiger charge is -2.11. The van der Waals surface area contributed by atoms with Gasteiger partial charge in [0.1, 0.15) is 11.2 Å². The lowest BCUT2D eigenvalue weighted by Crippen LogP contribution is -1.94. The molecule has 10 aromatic rings. The van der Waals surface area contributed by atoms with Gasteiger partial charge in [-0.3, -0.25) is 0 Å². The minimum atomic E-state index is 0.680. The van der Waals surface area contributed by atoms with Gasteiger partial charge in [0.2, 0.25) is 5.69 Å². The Morgan fingerprint density at radius 3 is 2.15 bits per heavy atom. The number of furan rings is 1. The van der Waals surface area contributed by atoms with Gasteiger partial charge < -0.3 is 8.98 Å². The van der Waals surface area contributed by atoms with Gasteiger partial charge in [0, 0.05) is 31.6 Å². The smallest absolute Gasteiger partial charge is 0.204 e. The molecule has 0 unspecified atom stereocenters. The quantitative estimate of drug-likeness (QED) is 0.181. The normalized spacial score (nSPS) is 11.8. The van der Waals surface area contributed by atoms with Crippen molar-refractivity contribution in [2.75, 3.05) is 0 Å². The monoisotopic (exact) mass is 616 g/mol. The Hall–Kier alpha value is -6.15. The van der Waals surface area contributed by atoms with E-state index >= 15 is 0 Å². The van der Waals surface area contributed by atoms with Crippen LogP contribution in [0.4, 0.5) is 5.69 Å². The molecule has 3 heterocycles. The highest BCUT2D eigenvalue weighted by Gasteiger charge is 2.20. The molecule has 10 rings (SSSR count). The summed E-state index contributed by atoms with van der Waals surface area (Å²) in [5.41, 5.74) is 10.5.